The van der Waals surface area contributed by atoms with E-state index in [0.717, 1.165) is 39.9 Å². The summed E-state index contributed by atoms with van der Waals surface area (Å²) in [5, 5.41) is 1.58. The zero-order valence-corrected chi connectivity index (χ0v) is 15.3. The Morgan fingerprint density at radius 1 is 1.30 bits per heavy atom. The first-order chi connectivity index (χ1) is 13.2. The molecule has 0 aliphatic heterocycles. The van der Waals surface area contributed by atoms with E-state index < -0.39 is 0 Å². The fourth-order valence-electron chi connectivity index (χ4n) is 2.93. The third-order valence-electron chi connectivity index (χ3n) is 4.26. The van der Waals surface area contributed by atoms with Crippen LogP contribution in [0.3, 0.4) is 0 Å². The van der Waals surface area contributed by atoms with Gasteiger partial charge in [0.2, 0.25) is 6.41 Å². The van der Waals surface area contributed by atoms with Gasteiger partial charge in [0.15, 0.2) is 0 Å². The quantitative estimate of drug-likeness (QED) is 0.551. The second-order valence-corrected chi connectivity index (χ2v) is 6.44. The molecule has 0 amide bonds. The lowest BCUT2D eigenvalue weighted by Gasteiger charge is -2.01. The van der Waals surface area contributed by atoms with E-state index in [0.29, 0.717) is 16.9 Å². The normalized spacial score (nSPS) is 12.8. The van der Waals surface area contributed by atoms with Crippen molar-refractivity contribution in [3.05, 3.63) is 76.9 Å². The van der Waals surface area contributed by atoms with E-state index in [1.54, 1.807) is 24.5 Å². The van der Waals surface area contributed by atoms with E-state index in [9.17, 15) is 4.79 Å². The topological polar surface area (TPSA) is 75.9 Å². The number of imidazole rings is 1. The molecule has 0 saturated heterocycles. The van der Waals surface area contributed by atoms with Crippen molar-refractivity contribution in [2.45, 2.75) is 13.3 Å². The smallest absolute Gasteiger partial charge is 0.219 e. The van der Waals surface area contributed by atoms with Gasteiger partial charge in [0.25, 0.3) is 0 Å². The number of nitrogens with zero attached hydrogens (tertiary/aromatic N) is 4. The summed E-state index contributed by atoms with van der Waals surface area (Å²) in [6.07, 6.45) is 6.55. The molecule has 7 heteroatoms. The van der Waals surface area contributed by atoms with Crippen LogP contribution < -0.4 is 5.49 Å². The highest BCUT2D eigenvalue weighted by molar-refractivity contribution is 6.31. The van der Waals surface area contributed by atoms with Gasteiger partial charge in [-0.3, -0.25) is 14.3 Å². The Kier molecular flexibility index (Phi) is 4.56. The second kappa shape index (κ2) is 7.17. The molecule has 0 unspecified atom stereocenters. The van der Waals surface area contributed by atoms with Gasteiger partial charge in [-0.05, 0) is 37.3 Å². The Labute approximate surface area is 159 Å². The third-order valence-corrected chi connectivity index (χ3v) is 4.49. The number of benzene rings is 1. The number of hydrogen-bond acceptors (Lipinski definition) is 4. The van der Waals surface area contributed by atoms with Crippen LogP contribution in [0.25, 0.3) is 21.9 Å². The van der Waals surface area contributed by atoms with Crippen LogP contribution >= 0.6 is 11.6 Å². The lowest BCUT2D eigenvalue weighted by molar-refractivity contribution is 0.544. The van der Waals surface area contributed by atoms with E-state index in [2.05, 4.69) is 19.9 Å². The zero-order valence-electron chi connectivity index (χ0n) is 14.6. The Balaban J connectivity index is 1.75. The molecule has 134 valence electrons. The highest BCUT2D eigenvalue weighted by Crippen LogP contribution is 2.25. The summed E-state index contributed by atoms with van der Waals surface area (Å²) in [5.74, 6) is 0.768. The van der Waals surface area contributed by atoms with Crippen molar-refractivity contribution in [1.82, 2.24) is 19.5 Å². The molecule has 3 aromatic heterocycles. The minimum atomic E-state index is 0.501. The molecule has 1 N–H and O–H groups in total. The van der Waals surface area contributed by atoms with Crippen LogP contribution in [-0.2, 0) is 11.2 Å². The molecule has 0 fully saturated rings. The maximum Gasteiger partial charge on any atom is 0.219 e. The summed E-state index contributed by atoms with van der Waals surface area (Å²) < 4.78 is 1.43. The summed E-state index contributed by atoms with van der Waals surface area (Å²) in [6.45, 7) is 1.91. The minimum absolute atomic E-state index is 0.501. The number of allylic oxidation sites excluding steroid dienone is 2. The van der Waals surface area contributed by atoms with Crippen molar-refractivity contribution in [2.75, 3.05) is 0 Å². The zero-order chi connectivity index (χ0) is 18.8. The van der Waals surface area contributed by atoms with E-state index in [-0.39, 0.29) is 0 Å². The molecule has 6 nitrogen and oxygen atoms in total. The van der Waals surface area contributed by atoms with Crippen LogP contribution in [0.1, 0.15) is 12.7 Å². The van der Waals surface area contributed by atoms with Gasteiger partial charge in [-0.2, -0.15) is 0 Å². The standard InChI is InChI=1S/C20H16ClN5O/c1-2-14(23-19-5-3-4-8-26(19)12-27)10-18-24-17-11-22-16-7-6-13(21)9-15(16)20(17)25-18/h2-9,11-12H,10H2,1H3,(H,24,25)/b14-2-,23-19-. The molecule has 27 heavy (non-hydrogen) atoms. The molecular weight excluding hydrogens is 362 g/mol. The number of fused-ring (bicyclic) bond motifs is 3. The fourth-order valence-corrected chi connectivity index (χ4v) is 3.10. The Hall–Kier alpha value is -3.25. The predicted octanol–water partition coefficient (Wildman–Crippen LogP) is 3.65. The van der Waals surface area contributed by atoms with E-state index in [4.69, 9.17) is 11.6 Å². The summed E-state index contributed by atoms with van der Waals surface area (Å²) >= 11 is 6.13. The van der Waals surface area contributed by atoms with Gasteiger partial charge < -0.3 is 4.98 Å². The summed E-state index contributed by atoms with van der Waals surface area (Å²) in [4.78, 5) is 28.2. The van der Waals surface area contributed by atoms with Crippen LogP contribution in [0.15, 0.2) is 65.6 Å². The minimum Gasteiger partial charge on any atom is -0.341 e. The van der Waals surface area contributed by atoms with Gasteiger partial charge in [0.05, 0.1) is 17.2 Å². The van der Waals surface area contributed by atoms with Crippen LogP contribution in [-0.4, -0.2) is 25.9 Å². The number of rotatable bonds is 4. The number of H-pyrrole nitrogens is 1. The lowest BCUT2D eigenvalue weighted by Crippen LogP contribution is -2.19. The third kappa shape index (κ3) is 3.39. The summed E-state index contributed by atoms with van der Waals surface area (Å²) in [5.41, 5.74) is 3.89. The maximum absolute atomic E-state index is 11.2. The second-order valence-electron chi connectivity index (χ2n) is 6.00. The number of aromatic amines is 1. The molecule has 0 bridgehead atoms. The van der Waals surface area contributed by atoms with Crippen molar-refractivity contribution in [3.8, 4) is 0 Å². The van der Waals surface area contributed by atoms with E-state index in [1.165, 1.54) is 4.57 Å². The lowest BCUT2D eigenvalue weighted by atomic mass is 10.2. The first-order valence-corrected chi connectivity index (χ1v) is 8.81. The van der Waals surface area contributed by atoms with E-state index >= 15 is 0 Å². The molecular formula is C20H16ClN5O. The van der Waals surface area contributed by atoms with Gasteiger partial charge in [0, 0.05) is 28.7 Å². The molecule has 0 atom stereocenters. The molecule has 0 spiro atoms. The molecule has 0 radical (unpaired) electrons. The van der Waals surface area contributed by atoms with Gasteiger partial charge >= 0.3 is 0 Å². The van der Waals surface area contributed by atoms with Gasteiger partial charge in [0.1, 0.15) is 16.8 Å². The Morgan fingerprint density at radius 3 is 3.00 bits per heavy atom. The average molecular weight is 378 g/mol. The van der Waals surface area contributed by atoms with Gasteiger partial charge in [-0.1, -0.05) is 23.7 Å². The number of aromatic nitrogens is 4. The summed E-state index contributed by atoms with van der Waals surface area (Å²) in [7, 11) is 0. The Morgan fingerprint density at radius 2 is 2.19 bits per heavy atom. The molecule has 3 heterocycles. The SMILES string of the molecule is C/C=C(Cc1nc2cnc3ccc(Cl)cc3c2[nH]1)\N=c1\ccccn1C=O. The van der Waals surface area contributed by atoms with Crippen molar-refractivity contribution >= 4 is 39.9 Å². The van der Waals surface area contributed by atoms with Crippen LogP contribution in [0, 0.1) is 0 Å². The summed E-state index contributed by atoms with van der Waals surface area (Å²) in [6, 6.07) is 11.0. The number of nitrogens with one attached hydrogen (secondary N) is 1. The van der Waals surface area contributed by atoms with Gasteiger partial charge in [-0.25, -0.2) is 9.98 Å². The first kappa shape index (κ1) is 17.2. The molecule has 4 rings (SSSR count). The number of carbonyl (C=O) groups is 1. The number of carbonyl (C=O) groups excluding carboxylic acids is 1. The van der Waals surface area contributed by atoms with Crippen LogP contribution in [0.5, 0.6) is 0 Å². The monoisotopic (exact) mass is 377 g/mol. The number of hydrogen-bond donors (Lipinski definition) is 1. The molecule has 1 aromatic carbocycles. The molecule has 0 saturated carbocycles. The highest BCUT2D eigenvalue weighted by Gasteiger charge is 2.09. The number of halogens is 1. The van der Waals surface area contributed by atoms with Gasteiger partial charge in [-0.15, -0.1) is 0 Å². The maximum atomic E-state index is 11.2. The van der Waals surface area contributed by atoms with Crippen LogP contribution in [0.4, 0.5) is 0 Å². The van der Waals surface area contributed by atoms with Crippen molar-refractivity contribution in [2.24, 2.45) is 4.99 Å². The fraction of sp³-hybridized carbons (Fsp3) is 0.100. The van der Waals surface area contributed by atoms with Crippen molar-refractivity contribution in [3.63, 3.8) is 0 Å². The highest BCUT2D eigenvalue weighted by atomic mass is 35.5. The van der Waals surface area contributed by atoms with Crippen molar-refractivity contribution in [1.29, 1.82) is 0 Å². The molecule has 0 aliphatic rings. The molecule has 4 aromatic rings. The van der Waals surface area contributed by atoms with Crippen LogP contribution in [0.2, 0.25) is 5.02 Å². The largest absolute Gasteiger partial charge is 0.341 e. The predicted molar refractivity (Wildman–Crippen MR) is 106 cm³/mol. The van der Waals surface area contributed by atoms with E-state index in [1.807, 2.05) is 37.3 Å². The Bertz CT molecular complexity index is 1250. The first-order valence-electron chi connectivity index (χ1n) is 8.43. The van der Waals surface area contributed by atoms with Crippen molar-refractivity contribution < 1.29 is 4.79 Å². The average Bonchev–Trinajstić information content (AvgIpc) is 3.11. The number of pyridine rings is 2. The molecule has 0 aliphatic carbocycles.